The van der Waals surface area contributed by atoms with Crippen molar-refractivity contribution in [2.24, 2.45) is 0 Å². The van der Waals surface area contributed by atoms with Crippen molar-refractivity contribution in [3.63, 3.8) is 0 Å². The number of nitrogens with zero attached hydrogens (tertiary/aromatic N) is 1. The lowest BCUT2D eigenvalue weighted by atomic mass is 10.2. The zero-order chi connectivity index (χ0) is 13.8. The quantitative estimate of drug-likeness (QED) is 0.869. The van der Waals surface area contributed by atoms with Crippen molar-refractivity contribution in [3.05, 3.63) is 44.2 Å². The molecule has 0 atom stereocenters. The van der Waals surface area contributed by atoms with Crippen molar-refractivity contribution in [2.75, 3.05) is 5.32 Å². The van der Waals surface area contributed by atoms with Crippen LogP contribution in [0.5, 0.6) is 0 Å². The second-order valence-corrected chi connectivity index (χ2v) is 6.10. The third kappa shape index (κ3) is 3.54. The van der Waals surface area contributed by atoms with E-state index < -0.39 is 5.97 Å². The molecule has 0 amide bonds. The Morgan fingerprint density at radius 2 is 2.21 bits per heavy atom. The monoisotopic (exact) mass is 340 g/mol. The van der Waals surface area contributed by atoms with Crippen LogP contribution in [0.2, 0.25) is 0 Å². The maximum atomic E-state index is 11.1. The summed E-state index contributed by atoms with van der Waals surface area (Å²) >= 11 is 4.94. The fourth-order valence-corrected chi connectivity index (χ4v) is 2.85. The van der Waals surface area contributed by atoms with Gasteiger partial charge < -0.3 is 10.4 Å². The van der Waals surface area contributed by atoms with Crippen molar-refractivity contribution >= 4 is 39.1 Å². The van der Waals surface area contributed by atoms with Crippen LogP contribution in [0.25, 0.3) is 0 Å². The summed E-state index contributed by atoms with van der Waals surface area (Å²) in [6.07, 6.45) is 2.60. The van der Waals surface area contributed by atoms with E-state index in [9.17, 15) is 4.79 Å². The first-order valence-electron chi connectivity index (χ1n) is 5.80. The van der Waals surface area contributed by atoms with Crippen molar-refractivity contribution in [2.45, 2.75) is 19.9 Å². The van der Waals surface area contributed by atoms with Crippen LogP contribution in [-0.4, -0.2) is 16.1 Å². The number of thiophene rings is 1. The van der Waals surface area contributed by atoms with Crippen LogP contribution in [0.3, 0.4) is 0 Å². The van der Waals surface area contributed by atoms with Gasteiger partial charge in [0.2, 0.25) is 0 Å². The predicted molar refractivity (Wildman–Crippen MR) is 79.9 cm³/mol. The van der Waals surface area contributed by atoms with E-state index in [1.165, 1.54) is 4.88 Å². The van der Waals surface area contributed by atoms with Gasteiger partial charge in [0, 0.05) is 20.4 Å². The number of aromatic nitrogens is 1. The molecular formula is C13H13BrN2O2S. The highest BCUT2D eigenvalue weighted by Gasteiger charge is 2.12. The molecule has 0 fully saturated rings. The average molecular weight is 341 g/mol. The highest BCUT2D eigenvalue weighted by atomic mass is 79.9. The number of aryl methyl sites for hydroxylation is 1. The average Bonchev–Trinajstić information content (AvgIpc) is 2.85. The van der Waals surface area contributed by atoms with Crippen LogP contribution in [-0.2, 0) is 13.0 Å². The van der Waals surface area contributed by atoms with Gasteiger partial charge in [-0.3, -0.25) is 0 Å². The Bertz CT molecular complexity index is 598. The van der Waals surface area contributed by atoms with E-state index in [-0.39, 0.29) is 5.56 Å². The first-order valence-corrected chi connectivity index (χ1v) is 7.41. The number of carboxylic acid groups (broad SMARTS) is 1. The van der Waals surface area contributed by atoms with Crippen LogP contribution >= 0.6 is 27.3 Å². The summed E-state index contributed by atoms with van der Waals surface area (Å²) in [6.45, 7) is 2.70. The van der Waals surface area contributed by atoms with E-state index in [1.807, 2.05) is 0 Å². The number of carbonyl (C=O) groups is 1. The summed E-state index contributed by atoms with van der Waals surface area (Å²) < 4.78 is 0.653. The Morgan fingerprint density at radius 3 is 2.84 bits per heavy atom. The van der Waals surface area contributed by atoms with Gasteiger partial charge in [0.25, 0.3) is 0 Å². The molecule has 0 spiro atoms. The molecule has 0 saturated heterocycles. The molecule has 0 aliphatic carbocycles. The number of aromatic carboxylic acids is 1. The number of hydrogen-bond donors (Lipinski definition) is 2. The van der Waals surface area contributed by atoms with E-state index >= 15 is 0 Å². The number of pyridine rings is 1. The molecule has 2 rings (SSSR count). The smallest absolute Gasteiger partial charge is 0.339 e. The number of hydrogen-bond acceptors (Lipinski definition) is 4. The summed E-state index contributed by atoms with van der Waals surface area (Å²) in [5, 5.41) is 12.2. The Hall–Kier alpha value is -1.40. The van der Waals surface area contributed by atoms with E-state index in [0.717, 1.165) is 11.3 Å². The Kier molecular flexibility index (Phi) is 4.55. The lowest BCUT2D eigenvalue weighted by Crippen LogP contribution is -2.07. The molecule has 0 radical (unpaired) electrons. The Morgan fingerprint density at radius 1 is 1.47 bits per heavy atom. The van der Waals surface area contributed by atoms with Gasteiger partial charge in [0.05, 0.1) is 6.54 Å². The first-order chi connectivity index (χ1) is 9.10. The van der Waals surface area contributed by atoms with Crippen LogP contribution in [0.15, 0.2) is 28.9 Å². The summed E-state index contributed by atoms with van der Waals surface area (Å²) in [5.41, 5.74) is 0.168. The zero-order valence-electron chi connectivity index (χ0n) is 10.3. The molecular weight excluding hydrogens is 328 g/mol. The number of nitrogens with one attached hydrogen (secondary N) is 1. The summed E-state index contributed by atoms with van der Waals surface area (Å²) in [6, 6.07) is 5.69. The molecule has 19 heavy (non-hydrogen) atoms. The zero-order valence-corrected chi connectivity index (χ0v) is 12.7. The SMILES string of the molecule is CCc1ccc(CNc2ncc(Br)cc2C(=O)O)s1. The van der Waals surface area contributed by atoms with Crippen LogP contribution in [0, 0.1) is 0 Å². The molecule has 100 valence electrons. The summed E-state index contributed by atoms with van der Waals surface area (Å²) in [5.74, 6) is -0.598. The number of halogens is 1. The minimum atomic E-state index is -0.989. The molecule has 0 aliphatic heterocycles. The van der Waals surface area contributed by atoms with Gasteiger partial charge in [-0.25, -0.2) is 9.78 Å². The summed E-state index contributed by atoms with van der Waals surface area (Å²) in [7, 11) is 0. The predicted octanol–water partition coefficient (Wildman–Crippen LogP) is 3.78. The lowest BCUT2D eigenvalue weighted by Gasteiger charge is -2.07. The van der Waals surface area contributed by atoms with Gasteiger partial charge in [-0.05, 0) is 40.5 Å². The highest BCUT2D eigenvalue weighted by Crippen LogP contribution is 2.21. The minimum Gasteiger partial charge on any atom is -0.478 e. The Labute approximate surface area is 123 Å². The molecule has 0 aromatic carbocycles. The van der Waals surface area contributed by atoms with Gasteiger partial charge in [-0.15, -0.1) is 11.3 Å². The third-order valence-electron chi connectivity index (χ3n) is 2.58. The van der Waals surface area contributed by atoms with Crippen molar-refractivity contribution in [3.8, 4) is 0 Å². The van der Waals surface area contributed by atoms with Gasteiger partial charge in [-0.2, -0.15) is 0 Å². The van der Waals surface area contributed by atoms with E-state index in [4.69, 9.17) is 5.11 Å². The standard InChI is InChI=1S/C13H13BrN2O2S/c1-2-9-3-4-10(19-9)7-16-12-11(13(17)18)5-8(14)6-15-12/h3-6H,2,7H2,1H3,(H,15,16)(H,17,18). The fraction of sp³-hybridized carbons (Fsp3) is 0.231. The fourth-order valence-electron chi connectivity index (χ4n) is 1.62. The van der Waals surface area contributed by atoms with Crippen molar-refractivity contribution in [1.82, 2.24) is 4.98 Å². The molecule has 2 aromatic heterocycles. The normalized spacial score (nSPS) is 10.4. The molecule has 0 aliphatic rings. The molecule has 0 unspecified atom stereocenters. The number of anilines is 1. The van der Waals surface area contributed by atoms with Crippen LogP contribution in [0.1, 0.15) is 27.0 Å². The number of rotatable bonds is 5. The molecule has 6 heteroatoms. The first kappa shape index (κ1) is 14.0. The second kappa shape index (κ2) is 6.16. The van der Waals surface area contributed by atoms with Crippen molar-refractivity contribution in [1.29, 1.82) is 0 Å². The molecule has 2 heterocycles. The lowest BCUT2D eigenvalue weighted by molar-refractivity contribution is 0.0697. The minimum absolute atomic E-state index is 0.168. The summed E-state index contributed by atoms with van der Waals surface area (Å²) in [4.78, 5) is 17.7. The molecule has 2 N–H and O–H groups in total. The molecule has 0 saturated carbocycles. The van der Waals surface area contributed by atoms with Gasteiger partial charge >= 0.3 is 5.97 Å². The van der Waals surface area contributed by atoms with E-state index in [2.05, 4.69) is 45.3 Å². The topological polar surface area (TPSA) is 62.2 Å². The highest BCUT2D eigenvalue weighted by molar-refractivity contribution is 9.10. The molecule has 2 aromatic rings. The van der Waals surface area contributed by atoms with E-state index in [1.54, 1.807) is 23.6 Å². The van der Waals surface area contributed by atoms with Crippen LogP contribution in [0.4, 0.5) is 5.82 Å². The molecule has 4 nitrogen and oxygen atoms in total. The van der Waals surface area contributed by atoms with Gasteiger partial charge in [-0.1, -0.05) is 6.92 Å². The molecule has 0 bridgehead atoms. The van der Waals surface area contributed by atoms with Crippen LogP contribution < -0.4 is 5.32 Å². The maximum absolute atomic E-state index is 11.1. The maximum Gasteiger partial charge on any atom is 0.339 e. The third-order valence-corrected chi connectivity index (χ3v) is 4.24. The van der Waals surface area contributed by atoms with Gasteiger partial charge in [0.1, 0.15) is 11.4 Å². The largest absolute Gasteiger partial charge is 0.478 e. The number of carboxylic acids is 1. The Balaban J connectivity index is 2.12. The second-order valence-electron chi connectivity index (χ2n) is 3.93. The van der Waals surface area contributed by atoms with Crippen molar-refractivity contribution < 1.29 is 9.90 Å². The van der Waals surface area contributed by atoms with Gasteiger partial charge in [0.15, 0.2) is 0 Å². The van der Waals surface area contributed by atoms with E-state index in [0.29, 0.717) is 16.8 Å².